The van der Waals surface area contributed by atoms with E-state index in [4.69, 9.17) is 16.9 Å². The smallest absolute Gasteiger partial charge is 0.276 e. The van der Waals surface area contributed by atoms with Gasteiger partial charge in [0.05, 0.1) is 6.61 Å². The van der Waals surface area contributed by atoms with Crippen LogP contribution in [-0.2, 0) is 4.74 Å². The molecule has 1 aliphatic heterocycles. The molecule has 0 aromatic heterocycles. The largest absolute Gasteiger partial charge is 0.385 e. The van der Waals surface area contributed by atoms with E-state index in [0.717, 1.165) is 0 Å². The van der Waals surface area contributed by atoms with Crippen molar-refractivity contribution < 1.29 is 13.5 Å². The van der Waals surface area contributed by atoms with E-state index >= 15 is 0 Å². The van der Waals surface area contributed by atoms with E-state index in [1.54, 1.807) is 0 Å². The Kier molecular flexibility index (Phi) is 2.29. The first-order chi connectivity index (χ1) is 5.60. The van der Waals surface area contributed by atoms with Crippen LogP contribution in [0.15, 0.2) is 4.99 Å². The van der Waals surface area contributed by atoms with Crippen molar-refractivity contribution in [3.63, 3.8) is 0 Å². The van der Waals surface area contributed by atoms with Gasteiger partial charge in [-0.25, -0.2) is 13.8 Å². The number of nitrogens with zero attached hydrogens (tertiary/aromatic N) is 1. The van der Waals surface area contributed by atoms with E-state index < -0.39 is 12.0 Å². The van der Waals surface area contributed by atoms with Gasteiger partial charge in [0.15, 0.2) is 0 Å². The van der Waals surface area contributed by atoms with Gasteiger partial charge < -0.3 is 10.5 Å². The highest BCUT2D eigenvalue weighted by Gasteiger charge is 2.40. The Hall–Kier alpha value is -1.15. The molecular weight excluding hydrogens is 166 g/mol. The molecule has 1 aliphatic rings. The third-order valence-corrected chi connectivity index (χ3v) is 1.53. The SMILES string of the molecule is C#CC1(C(F)F)COCC(N)=N1. The molecule has 2 N–H and O–H groups in total. The second-order valence-corrected chi connectivity index (χ2v) is 2.47. The van der Waals surface area contributed by atoms with Crippen molar-refractivity contribution in [2.45, 2.75) is 12.0 Å². The number of amidine groups is 1. The van der Waals surface area contributed by atoms with Crippen molar-refractivity contribution in [3.05, 3.63) is 0 Å². The molecule has 0 spiro atoms. The monoisotopic (exact) mass is 174 g/mol. The number of terminal acetylenes is 1. The Morgan fingerprint density at radius 1 is 1.75 bits per heavy atom. The number of halogens is 2. The Morgan fingerprint density at radius 2 is 2.42 bits per heavy atom. The summed E-state index contributed by atoms with van der Waals surface area (Å²) in [6.45, 7) is -0.210. The molecule has 0 fully saturated rings. The molecule has 12 heavy (non-hydrogen) atoms. The van der Waals surface area contributed by atoms with E-state index in [9.17, 15) is 8.78 Å². The topological polar surface area (TPSA) is 47.6 Å². The molecule has 1 rings (SSSR count). The van der Waals surface area contributed by atoms with Gasteiger partial charge in [0.1, 0.15) is 12.4 Å². The Balaban J connectivity index is 2.95. The Morgan fingerprint density at radius 3 is 2.75 bits per heavy atom. The molecule has 0 aromatic carbocycles. The molecule has 5 heteroatoms. The average Bonchev–Trinajstić information content (AvgIpc) is 2.04. The van der Waals surface area contributed by atoms with Crippen molar-refractivity contribution >= 4 is 5.84 Å². The van der Waals surface area contributed by atoms with Crippen LogP contribution in [-0.4, -0.2) is 31.0 Å². The van der Waals surface area contributed by atoms with Crippen LogP contribution >= 0.6 is 0 Å². The summed E-state index contributed by atoms with van der Waals surface area (Å²) in [5.74, 6) is 1.92. The fourth-order valence-electron chi connectivity index (χ4n) is 0.881. The van der Waals surface area contributed by atoms with Crippen LogP contribution in [0.5, 0.6) is 0 Å². The minimum Gasteiger partial charge on any atom is -0.385 e. The highest BCUT2D eigenvalue weighted by atomic mass is 19.3. The molecule has 0 aromatic rings. The lowest BCUT2D eigenvalue weighted by molar-refractivity contribution is 0.0188. The molecule has 0 bridgehead atoms. The van der Waals surface area contributed by atoms with Gasteiger partial charge in [-0.15, -0.1) is 6.42 Å². The highest BCUT2D eigenvalue weighted by molar-refractivity contribution is 5.83. The number of hydrogen-bond donors (Lipinski definition) is 1. The standard InChI is InChI=1S/C7H8F2N2O/c1-2-7(6(8)9)4-12-3-5(10)11-7/h1,6H,3-4H2,(H2,10,11). The fourth-order valence-corrected chi connectivity index (χ4v) is 0.881. The van der Waals surface area contributed by atoms with Crippen molar-refractivity contribution in [1.82, 2.24) is 0 Å². The first-order valence-electron chi connectivity index (χ1n) is 3.28. The number of ether oxygens (including phenoxy) is 1. The van der Waals surface area contributed by atoms with Gasteiger partial charge in [-0.2, -0.15) is 0 Å². The number of nitrogens with two attached hydrogens (primary N) is 1. The van der Waals surface area contributed by atoms with Gasteiger partial charge >= 0.3 is 0 Å². The Bertz CT molecular complexity index is 246. The van der Waals surface area contributed by atoms with Crippen molar-refractivity contribution in [2.24, 2.45) is 10.7 Å². The van der Waals surface area contributed by atoms with E-state index in [1.165, 1.54) is 0 Å². The molecule has 1 atom stereocenters. The van der Waals surface area contributed by atoms with Crippen molar-refractivity contribution in [2.75, 3.05) is 13.2 Å². The zero-order chi connectivity index (χ0) is 9.19. The molecule has 0 saturated carbocycles. The maximum Gasteiger partial charge on any atom is 0.276 e. The quantitative estimate of drug-likeness (QED) is 0.569. The summed E-state index contributed by atoms with van der Waals surface area (Å²) >= 11 is 0. The van der Waals surface area contributed by atoms with Crippen molar-refractivity contribution in [3.8, 4) is 12.3 Å². The second-order valence-electron chi connectivity index (χ2n) is 2.47. The van der Waals surface area contributed by atoms with E-state index in [0.29, 0.717) is 0 Å². The molecule has 0 aliphatic carbocycles. The summed E-state index contributed by atoms with van der Waals surface area (Å²) in [4.78, 5) is 3.52. The molecule has 3 nitrogen and oxygen atoms in total. The highest BCUT2D eigenvalue weighted by Crippen LogP contribution is 2.22. The lowest BCUT2D eigenvalue weighted by Gasteiger charge is -2.27. The Labute approximate surface area is 68.6 Å². The lowest BCUT2D eigenvalue weighted by atomic mass is 10.0. The first kappa shape index (κ1) is 8.94. The number of aliphatic imine (C=N–C) groups is 1. The molecule has 0 radical (unpaired) electrons. The summed E-state index contributed by atoms with van der Waals surface area (Å²) < 4.78 is 29.5. The number of rotatable bonds is 1. The van der Waals surface area contributed by atoms with Crippen LogP contribution < -0.4 is 5.73 Å². The molecular formula is C7H8F2N2O. The van der Waals surface area contributed by atoms with Gasteiger partial charge in [0, 0.05) is 0 Å². The fraction of sp³-hybridized carbons (Fsp3) is 0.571. The molecule has 66 valence electrons. The van der Waals surface area contributed by atoms with Gasteiger partial charge in [-0.3, -0.25) is 0 Å². The van der Waals surface area contributed by atoms with Crippen LogP contribution in [0.1, 0.15) is 0 Å². The molecule has 0 saturated heterocycles. The second kappa shape index (κ2) is 3.07. The average molecular weight is 174 g/mol. The number of alkyl halides is 2. The summed E-state index contributed by atoms with van der Waals surface area (Å²) in [6.07, 6.45) is 2.18. The predicted molar refractivity (Wildman–Crippen MR) is 40.0 cm³/mol. The van der Waals surface area contributed by atoms with Crippen LogP contribution in [0.2, 0.25) is 0 Å². The molecule has 1 heterocycles. The minimum atomic E-state index is -2.75. The van der Waals surface area contributed by atoms with E-state index in [2.05, 4.69) is 4.99 Å². The maximum atomic E-state index is 12.4. The van der Waals surface area contributed by atoms with Crippen molar-refractivity contribution in [1.29, 1.82) is 0 Å². The van der Waals surface area contributed by atoms with E-state index in [1.807, 2.05) is 5.92 Å². The molecule has 1 unspecified atom stereocenters. The van der Waals surface area contributed by atoms with Gasteiger partial charge in [0.25, 0.3) is 6.43 Å². The van der Waals surface area contributed by atoms with Crippen LogP contribution in [0.4, 0.5) is 8.78 Å². The summed E-state index contributed by atoms with van der Waals surface area (Å²) in [6, 6.07) is 0. The third-order valence-electron chi connectivity index (χ3n) is 1.53. The first-order valence-corrected chi connectivity index (χ1v) is 3.28. The van der Waals surface area contributed by atoms with Gasteiger partial charge in [-0.1, -0.05) is 5.92 Å². The predicted octanol–water partition coefficient (Wildman–Crippen LogP) is 0.0109. The maximum absolute atomic E-state index is 12.4. The summed E-state index contributed by atoms with van der Waals surface area (Å²) in [5, 5.41) is 0. The van der Waals surface area contributed by atoms with E-state index in [-0.39, 0.29) is 19.0 Å². The minimum absolute atomic E-state index is 0.0134. The van der Waals surface area contributed by atoms with Crippen LogP contribution in [0, 0.1) is 12.3 Å². The zero-order valence-electron chi connectivity index (χ0n) is 6.26. The summed E-state index contributed by atoms with van der Waals surface area (Å²) in [7, 11) is 0. The molecule has 0 amide bonds. The van der Waals surface area contributed by atoms with Crippen LogP contribution in [0.25, 0.3) is 0 Å². The lowest BCUT2D eigenvalue weighted by Crippen LogP contribution is -2.45. The third kappa shape index (κ3) is 1.38. The number of hydrogen-bond acceptors (Lipinski definition) is 3. The van der Waals surface area contributed by atoms with Crippen LogP contribution in [0.3, 0.4) is 0 Å². The summed E-state index contributed by atoms with van der Waals surface area (Å²) in [5.41, 5.74) is 3.35. The van der Waals surface area contributed by atoms with Gasteiger partial charge in [-0.05, 0) is 0 Å². The zero-order valence-corrected chi connectivity index (χ0v) is 6.26. The normalized spacial score (nSPS) is 29.7. The van der Waals surface area contributed by atoms with Gasteiger partial charge in [0.2, 0.25) is 5.54 Å².